The minimum absolute atomic E-state index is 0.159. The quantitative estimate of drug-likeness (QED) is 0.624. The molecule has 0 amide bonds. The summed E-state index contributed by atoms with van der Waals surface area (Å²) in [6.07, 6.45) is 0.345. The molecule has 1 spiro atoms. The molecule has 1 aromatic rings. The van der Waals surface area contributed by atoms with E-state index in [2.05, 4.69) is 20.9 Å². The molecule has 0 aromatic heterocycles. The van der Waals surface area contributed by atoms with Crippen LogP contribution in [0.4, 0.5) is 18.9 Å². The SMILES string of the molecule is CC1=Nc2c(F)cc(Br)cc2C12CCC(F)(F)CC2. The fourth-order valence-corrected chi connectivity index (χ4v) is 3.62. The lowest BCUT2D eigenvalue weighted by Gasteiger charge is -2.38. The molecule has 0 saturated heterocycles. The number of rotatable bonds is 0. The highest BCUT2D eigenvalue weighted by Crippen LogP contribution is 2.53. The van der Waals surface area contributed by atoms with E-state index in [4.69, 9.17) is 0 Å². The number of hydrogen-bond acceptors (Lipinski definition) is 1. The summed E-state index contributed by atoms with van der Waals surface area (Å²) in [5, 5.41) is 0. The van der Waals surface area contributed by atoms with Crippen LogP contribution in [0, 0.1) is 5.82 Å². The van der Waals surface area contributed by atoms with Gasteiger partial charge in [-0.3, -0.25) is 4.99 Å². The molecule has 1 nitrogen and oxygen atoms in total. The summed E-state index contributed by atoms with van der Waals surface area (Å²) in [5.41, 5.74) is 1.34. The Morgan fingerprint density at radius 2 is 1.79 bits per heavy atom. The number of alkyl halides is 2. The normalized spacial score (nSPS) is 23.3. The molecular weight excluding hydrogens is 319 g/mol. The van der Waals surface area contributed by atoms with Crippen molar-refractivity contribution >= 4 is 27.3 Å². The molecule has 1 aliphatic heterocycles. The Labute approximate surface area is 118 Å². The van der Waals surface area contributed by atoms with E-state index in [0.717, 1.165) is 11.3 Å². The molecule has 1 heterocycles. The number of hydrogen-bond donors (Lipinski definition) is 0. The molecule has 0 atom stereocenters. The largest absolute Gasteiger partial charge is 0.254 e. The lowest BCUT2D eigenvalue weighted by Crippen LogP contribution is -2.39. The molecule has 102 valence electrons. The van der Waals surface area contributed by atoms with Gasteiger partial charge >= 0.3 is 0 Å². The Hall–Kier alpha value is -0.840. The molecule has 1 aromatic carbocycles. The maximum atomic E-state index is 13.9. The van der Waals surface area contributed by atoms with Crippen molar-refractivity contribution in [3.8, 4) is 0 Å². The van der Waals surface area contributed by atoms with Gasteiger partial charge in [-0.2, -0.15) is 0 Å². The van der Waals surface area contributed by atoms with Crippen molar-refractivity contribution in [2.24, 2.45) is 4.99 Å². The first-order chi connectivity index (χ1) is 8.84. The van der Waals surface area contributed by atoms with Crippen molar-refractivity contribution < 1.29 is 13.2 Å². The second kappa shape index (κ2) is 4.08. The molecular formula is C14H13BrF3N. The zero-order valence-electron chi connectivity index (χ0n) is 10.4. The van der Waals surface area contributed by atoms with E-state index in [1.807, 2.05) is 13.0 Å². The van der Waals surface area contributed by atoms with Gasteiger partial charge in [-0.25, -0.2) is 13.2 Å². The molecule has 5 heteroatoms. The van der Waals surface area contributed by atoms with E-state index < -0.39 is 17.2 Å². The molecule has 1 aliphatic carbocycles. The van der Waals surface area contributed by atoms with Crippen LogP contribution in [-0.4, -0.2) is 11.6 Å². The van der Waals surface area contributed by atoms with Gasteiger partial charge in [0.25, 0.3) is 0 Å². The van der Waals surface area contributed by atoms with E-state index in [1.165, 1.54) is 6.07 Å². The molecule has 0 N–H and O–H groups in total. The van der Waals surface area contributed by atoms with E-state index in [0.29, 0.717) is 23.0 Å². The average molecular weight is 332 g/mol. The van der Waals surface area contributed by atoms with E-state index >= 15 is 0 Å². The lowest BCUT2D eigenvalue weighted by atomic mass is 9.67. The smallest absolute Gasteiger partial charge is 0.248 e. The van der Waals surface area contributed by atoms with Gasteiger partial charge in [0.05, 0.1) is 0 Å². The molecule has 3 rings (SSSR count). The number of halogens is 4. The van der Waals surface area contributed by atoms with Crippen LogP contribution >= 0.6 is 15.9 Å². The second-order valence-corrected chi connectivity index (χ2v) is 6.33. The van der Waals surface area contributed by atoms with E-state index in [-0.39, 0.29) is 12.8 Å². The predicted octanol–water partition coefficient (Wildman–Crippen LogP) is 5.14. The molecule has 1 saturated carbocycles. The van der Waals surface area contributed by atoms with Gasteiger partial charge in [0, 0.05) is 28.4 Å². The highest BCUT2D eigenvalue weighted by Gasteiger charge is 2.49. The second-order valence-electron chi connectivity index (χ2n) is 5.42. The van der Waals surface area contributed by atoms with Gasteiger partial charge in [0.2, 0.25) is 5.92 Å². The number of fused-ring (bicyclic) bond motifs is 2. The topological polar surface area (TPSA) is 12.4 Å². The zero-order valence-corrected chi connectivity index (χ0v) is 12.0. The van der Waals surface area contributed by atoms with Crippen LogP contribution in [0.2, 0.25) is 0 Å². The predicted molar refractivity (Wildman–Crippen MR) is 72.0 cm³/mol. The number of aliphatic imine (C=N–C) groups is 1. The zero-order chi connectivity index (χ0) is 13.8. The summed E-state index contributed by atoms with van der Waals surface area (Å²) >= 11 is 3.27. The maximum absolute atomic E-state index is 13.9. The van der Waals surface area contributed by atoms with Crippen LogP contribution in [0.25, 0.3) is 0 Å². The third-order valence-electron chi connectivity index (χ3n) is 4.35. The van der Waals surface area contributed by atoms with Crippen molar-refractivity contribution in [3.63, 3.8) is 0 Å². The van der Waals surface area contributed by atoms with Crippen molar-refractivity contribution in [3.05, 3.63) is 28.0 Å². The summed E-state index contributed by atoms with van der Waals surface area (Å²) in [7, 11) is 0. The first kappa shape index (κ1) is 13.2. The summed E-state index contributed by atoms with van der Waals surface area (Å²) < 4.78 is 41.3. The molecule has 0 radical (unpaired) electrons. The van der Waals surface area contributed by atoms with Crippen molar-refractivity contribution in [1.29, 1.82) is 0 Å². The van der Waals surface area contributed by atoms with E-state index in [1.54, 1.807) is 0 Å². The first-order valence-electron chi connectivity index (χ1n) is 6.27. The standard InChI is InChI=1S/C14H13BrF3N/c1-8-13(2-4-14(17,18)5-3-13)10-6-9(15)7-11(16)12(10)19-8/h6-7H,2-5H2,1H3. The number of benzene rings is 1. The summed E-state index contributed by atoms with van der Waals surface area (Å²) in [4.78, 5) is 4.29. The van der Waals surface area contributed by atoms with Gasteiger partial charge in [-0.1, -0.05) is 15.9 Å². The fraction of sp³-hybridized carbons (Fsp3) is 0.500. The molecule has 0 bridgehead atoms. The van der Waals surface area contributed by atoms with Crippen LogP contribution in [0.3, 0.4) is 0 Å². The Kier molecular flexibility index (Phi) is 2.82. The van der Waals surface area contributed by atoms with Crippen LogP contribution < -0.4 is 0 Å². The number of nitrogens with zero attached hydrogens (tertiary/aromatic N) is 1. The van der Waals surface area contributed by atoms with Gasteiger partial charge in [0.1, 0.15) is 11.5 Å². The highest BCUT2D eigenvalue weighted by atomic mass is 79.9. The van der Waals surface area contributed by atoms with Gasteiger partial charge in [-0.05, 0) is 37.5 Å². The first-order valence-corrected chi connectivity index (χ1v) is 7.07. The molecule has 2 aliphatic rings. The Bertz CT molecular complexity index is 570. The van der Waals surface area contributed by atoms with E-state index in [9.17, 15) is 13.2 Å². The lowest BCUT2D eigenvalue weighted by molar-refractivity contribution is -0.0437. The van der Waals surface area contributed by atoms with Crippen LogP contribution in [0.5, 0.6) is 0 Å². The van der Waals surface area contributed by atoms with Crippen LogP contribution in [0.15, 0.2) is 21.6 Å². The van der Waals surface area contributed by atoms with Crippen LogP contribution in [-0.2, 0) is 5.41 Å². The maximum Gasteiger partial charge on any atom is 0.248 e. The van der Waals surface area contributed by atoms with Gasteiger partial charge < -0.3 is 0 Å². The molecule has 19 heavy (non-hydrogen) atoms. The molecule has 1 fully saturated rings. The van der Waals surface area contributed by atoms with Gasteiger partial charge in [-0.15, -0.1) is 0 Å². The minimum Gasteiger partial charge on any atom is -0.254 e. The summed E-state index contributed by atoms with van der Waals surface area (Å²) in [5.74, 6) is -2.99. The highest BCUT2D eigenvalue weighted by molar-refractivity contribution is 9.10. The molecule has 0 unspecified atom stereocenters. The fourth-order valence-electron chi connectivity index (χ4n) is 3.19. The Balaban J connectivity index is 2.09. The third-order valence-corrected chi connectivity index (χ3v) is 4.81. The minimum atomic E-state index is -2.60. The summed E-state index contributed by atoms with van der Waals surface area (Å²) in [6.45, 7) is 1.82. The monoisotopic (exact) mass is 331 g/mol. The van der Waals surface area contributed by atoms with Crippen LogP contribution in [0.1, 0.15) is 38.2 Å². The Morgan fingerprint density at radius 3 is 2.42 bits per heavy atom. The van der Waals surface area contributed by atoms with Crippen molar-refractivity contribution in [1.82, 2.24) is 0 Å². The van der Waals surface area contributed by atoms with Crippen molar-refractivity contribution in [2.45, 2.75) is 43.9 Å². The summed E-state index contributed by atoms with van der Waals surface area (Å²) in [6, 6.07) is 3.19. The van der Waals surface area contributed by atoms with Crippen molar-refractivity contribution in [2.75, 3.05) is 0 Å². The average Bonchev–Trinajstić information content (AvgIpc) is 2.58. The van der Waals surface area contributed by atoms with Gasteiger partial charge in [0.15, 0.2) is 0 Å². The Morgan fingerprint density at radius 1 is 1.16 bits per heavy atom. The third kappa shape index (κ3) is 1.93.